The maximum atomic E-state index is 14.9. The van der Waals surface area contributed by atoms with Crippen molar-refractivity contribution in [1.82, 2.24) is 14.8 Å². The van der Waals surface area contributed by atoms with Gasteiger partial charge in [0.1, 0.15) is 11.9 Å². The Kier molecular flexibility index (Phi) is 8.69. The molecule has 2 aliphatic heterocycles. The van der Waals surface area contributed by atoms with Crippen molar-refractivity contribution in [2.24, 2.45) is 17.1 Å². The molecule has 2 unspecified atom stereocenters. The third-order valence-electron chi connectivity index (χ3n) is 7.70. The number of hydrogen-bond donors (Lipinski definition) is 2. The number of alkyl halides is 3. The van der Waals surface area contributed by atoms with Crippen LogP contribution in [-0.2, 0) is 4.79 Å². The number of piperidine rings is 1. The zero-order valence-corrected chi connectivity index (χ0v) is 22.5. The molecule has 1 aromatic carbocycles. The van der Waals surface area contributed by atoms with Gasteiger partial charge in [0, 0.05) is 37.3 Å². The van der Waals surface area contributed by atoms with Crippen molar-refractivity contribution in [3.8, 4) is 17.0 Å². The van der Waals surface area contributed by atoms with Crippen molar-refractivity contribution >= 4 is 11.8 Å². The molecule has 0 saturated carbocycles. The number of primary amides is 1. The smallest absolute Gasteiger partial charge is 0.395 e. The molecule has 2 fully saturated rings. The van der Waals surface area contributed by atoms with Crippen LogP contribution in [0.25, 0.3) is 11.1 Å². The summed E-state index contributed by atoms with van der Waals surface area (Å²) in [6.45, 7) is 3.86. The molecule has 3 N–H and O–H groups in total. The number of halogens is 4. The molecular formula is C28H34F4N4O4. The Bertz CT molecular complexity index is 1210. The molecule has 2 aromatic rings. The average molecular weight is 567 g/mol. The molecule has 8 nitrogen and oxygen atoms in total. The van der Waals surface area contributed by atoms with Crippen LogP contribution in [0.15, 0.2) is 36.5 Å². The van der Waals surface area contributed by atoms with Gasteiger partial charge in [-0.15, -0.1) is 0 Å². The van der Waals surface area contributed by atoms with E-state index in [1.807, 2.05) is 4.90 Å². The highest BCUT2D eigenvalue weighted by atomic mass is 19.4. The Labute approximate surface area is 230 Å². The minimum absolute atomic E-state index is 0.0142. The predicted octanol–water partition coefficient (Wildman–Crippen LogP) is 3.63. The third kappa shape index (κ3) is 6.72. The number of rotatable bonds is 8. The van der Waals surface area contributed by atoms with E-state index >= 15 is 0 Å². The lowest BCUT2D eigenvalue weighted by Crippen LogP contribution is -2.46. The third-order valence-corrected chi connectivity index (χ3v) is 7.70. The average Bonchev–Trinajstić information content (AvgIpc) is 3.29. The molecule has 3 heterocycles. The molecule has 2 atom stereocenters. The number of carbonyl (C=O) groups excluding carboxylic acids is 2. The summed E-state index contributed by atoms with van der Waals surface area (Å²) in [4.78, 5) is 31.7. The molecule has 1 aromatic heterocycles. The van der Waals surface area contributed by atoms with Gasteiger partial charge in [-0.3, -0.25) is 9.59 Å². The van der Waals surface area contributed by atoms with Gasteiger partial charge in [-0.2, -0.15) is 13.2 Å². The summed E-state index contributed by atoms with van der Waals surface area (Å²) < 4.78 is 60.3. The molecule has 2 amide bonds. The summed E-state index contributed by atoms with van der Waals surface area (Å²) >= 11 is 0. The normalized spacial score (nSPS) is 21.0. The summed E-state index contributed by atoms with van der Waals surface area (Å²) in [5, 5.41) is 9.83. The number of aromatic nitrogens is 1. The number of aliphatic hydroxyl groups is 1. The van der Waals surface area contributed by atoms with Crippen molar-refractivity contribution in [2.75, 3.05) is 32.8 Å². The van der Waals surface area contributed by atoms with Crippen LogP contribution in [0.4, 0.5) is 17.6 Å². The van der Waals surface area contributed by atoms with Crippen LogP contribution in [0.3, 0.4) is 0 Å². The molecule has 2 aliphatic rings. The standard InChI is InChI=1S/C28H34F4N4O4/c1-27(2,28(30,31)32)16-35-9-7-17(8-10-35)15-40-24-6-4-19(13-34-24)18-3-5-21(22(29)11-18)26(39)36-14-20(37)12-23(36)25(33)38/h3-6,11,13,17,20,23,37H,7-10,12,14-16H2,1-2H3,(H2,33,38). The lowest BCUT2D eigenvalue weighted by atomic mass is 9.89. The van der Waals surface area contributed by atoms with Crippen LogP contribution in [-0.4, -0.2) is 82.8 Å². The molecule has 4 rings (SSSR count). The minimum Gasteiger partial charge on any atom is -0.477 e. The Morgan fingerprint density at radius 3 is 2.38 bits per heavy atom. The summed E-state index contributed by atoms with van der Waals surface area (Å²) in [6.07, 6.45) is -2.16. The molecule has 0 radical (unpaired) electrons. The highest BCUT2D eigenvalue weighted by Crippen LogP contribution is 2.38. The predicted molar refractivity (Wildman–Crippen MR) is 139 cm³/mol. The van der Waals surface area contributed by atoms with Gasteiger partial charge in [0.2, 0.25) is 11.8 Å². The highest BCUT2D eigenvalue weighted by molar-refractivity contribution is 5.98. The van der Waals surface area contributed by atoms with Crippen LogP contribution in [0.1, 0.15) is 43.5 Å². The van der Waals surface area contributed by atoms with Crippen LogP contribution in [0, 0.1) is 17.2 Å². The first-order valence-corrected chi connectivity index (χ1v) is 13.2. The first-order valence-electron chi connectivity index (χ1n) is 13.2. The second kappa shape index (κ2) is 11.7. The van der Waals surface area contributed by atoms with Gasteiger partial charge in [-0.25, -0.2) is 9.37 Å². The minimum atomic E-state index is -4.25. The van der Waals surface area contributed by atoms with E-state index in [4.69, 9.17) is 10.5 Å². The van der Waals surface area contributed by atoms with Crippen molar-refractivity contribution in [3.05, 3.63) is 47.9 Å². The van der Waals surface area contributed by atoms with E-state index in [0.717, 1.165) is 17.7 Å². The monoisotopic (exact) mass is 566 g/mol. The number of amides is 2. The number of nitrogens with zero attached hydrogens (tertiary/aromatic N) is 3. The fourth-order valence-corrected chi connectivity index (χ4v) is 5.13. The topological polar surface area (TPSA) is 109 Å². The van der Waals surface area contributed by atoms with E-state index in [-0.39, 0.29) is 31.0 Å². The number of pyridine rings is 1. The zero-order chi connectivity index (χ0) is 29.2. The highest BCUT2D eigenvalue weighted by Gasteiger charge is 2.48. The molecule has 40 heavy (non-hydrogen) atoms. The van der Waals surface area contributed by atoms with Gasteiger partial charge in [-0.05, 0) is 69.5 Å². The number of β-amino-alcohol motifs (C(OH)–C–C–N with tert-alkyl or cyclic N) is 1. The maximum absolute atomic E-state index is 14.9. The summed E-state index contributed by atoms with van der Waals surface area (Å²) in [7, 11) is 0. The lowest BCUT2D eigenvalue weighted by molar-refractivity contribution is -0.217. The van der Waals surface area contributed by atoms with Gasteiger partial charge in [0.25, 0.3) is 5.91 Å². The van der Waals surface area contributed by atoms with E-state index in [1.165, 1.54) is 32.2 Å². The summed E-state index contributed by atoms with van der Waals surface area (Å²) in [5.41, 5.74) is 4.42. The van der Waals surface area contributed by atoms with Gasteiger partial charge in [0.05, 0.1) is 23.7 Å². The quantitative estimate of drug-likeness (QED) is 0.473. The van der Waals surface area contributed by atoms with Crippen LogP contribution in [0.2, 0.25) is 0 Å². The van der Waals surface area contributed by atoms with Crippen molar-refractivity contribution < 1.29 is 37.0 Å². The lowest BCUT2D eigenvalue weighted by Gasteiger charge is -2.38. The molecule has 0 aliphatic carbocycles. The molecule has 0 bridgehead atoms. The largest absolute Gasteiger partial charge is 0.477 e. The number of aliphatic hydroxyl groups excluding tert-OH is 1. The van der Waals surface area contributed by atoms with E-state index in [1.54, 1.807) is 18.2 Å². The number of benzene rings is 1. The fourth-order valence-electron chi connectivity index (χ4n) is 5.13. The van der Waals surface area contributed by atoms with Crippen molar-refractivity contribution in [2.45, 2.75) is 51.4 Å². The number of hydrogen-bond acceptors (Lipinski definition) is 6. The number of carbonyl (C=O) groups is 2. The van der Waals surface area contributed by atoms with Gasteiger partial charge in [0.15, 0.2) is 0 Å². The Hall–Kier alpha value is -3.25. The van der Waals surface area contributed by atoms with Gasteiger partial charge < -0.3 is 25.4 Å². The van der Waals surface area contributed by atoms with Crippen LogP contribution in [0.5, 0.6) is 5.88 Å². The first kappa shape index (κ1) is 29.7. The number of ether oxygens (including phenoxy) is 1. The van der Waals surface area contributed by atoms with Gasteiger partial charge in [-0.1, -0.05) is 6.07 Å². The SMILES string of the molecule is CC(C)(CN1CCC(COc2ccc(-c3ccc(C(=O)N4CC(O)CC4C(N)=O)c(F)c3)cn2)CC1)C(F)(F)F. The van der Waals surface area contributed by atoms with E-state index < -0.39 is 41.4 Å². The summed E-state index contributed by atoms with van der Waals surface area (Å²) in [5.74, 6) is -1.68. The Balaban J connectivity index is 1.30. The van der Waals surface area contributed by atoms with Crippen molar-refractivity contribution in [1.29, 1.82) is 0 Å². The zero-order valence-electron chi connectivity index (χ0n) is 22.5. The second-order valence-corrected chi connectivity index (χ2v) is 11.3. The number of nitrogens with two attached hydrogens (primary N) is 1. The summed E-state index contributed by atoms with van der Waals surface area (Å²) in [6, 6.07) is 6.45. The Morgan fingerprint density at radius 1 is 1.12 bits per heavy atom. The maximum Gasteiger partial charge on any atom is 0.395 e. The Morgan fingerprint density at radius 2 is 1.80 bits per heavy atom. The molecule has 2 saturated heterocycles. The van der Waals surface area contributed by atoms with E-state index in [2.05, 4.69) is 4.98 Å². The number of likely N-dealkylation sites (tertiary alicyclic amines) is 2. The molecule has 0 spiro atoms. The molecule has 12 heteroatoms. The van der Waals surface area contributed by atoms with Gasteiger partial charge >= 0.3 is 6.18 Å². The second-order valence-electron chi connectivity index (χ2n) is 11.3. The van der Waals surface area contributed by atoms with Crippen LogP contribution >= 0.6 is 0 Å². The molecule has 218 valence electrons. The molecular weight excluding hydrogens is 532 g/mol. The van der Waals surface area contributed by atoms with E-state index in [0.29, 0.717) is 36.7 Å². The first-order chi connectivity index (χ1) is 18.7. The fraction of sp³-hybridized carbons (Fsp3) is 0.536. The van der Waals surface area contributed by atoms with Crippen molar-refractivity contribution in [3.63, 3.8) is 0 Å². The van der Waals surface area contributed by atoms with E-state index in [9.17, 15) is 32.3 Å². The van der Waals surface area contributed by atoms with Crippen LogP contribution < -0.4 is 10.5 Å².